The molecule has 1 amide bonds. The van der Waals surface area contributed by atoms with Gasteiger partial charge in [-0.25, -0.2) is 4.79 Å². The molecule has 1 aliphatic heterocycles. The number of anilines is 1. The first-order valence-electron chi connectivity index (χ1n) is 5.50. The molecule has 6 heteroatoms. The highest BCUT2D eigenvalue weighted by molar-refractivity contribution is 7.80. The van der Waals surface area contributed by atoms with Crippen molar-refractivity contribution in [2.45, 2.75) is 6.42 Å². The van der Waals surface area contributed by atoms with Crippen molar-refractivity contribution in [3.63, 3.8) is 0 Å². The molecule has 0 radical (unpaired) electrons. The number of rotatable bonds is 3. The Morgan fingerprint density at radius 2 is 2.22 bits per heavy atom. The van der Waals surface area contributed by atoms with Gasteiger partial charge in [-0.05, 0) is 29.9 Å². The molecular formula is C12H13NO4S. The van der Waals surface area contributed by atoms with Crippen molar-refractivity contribution in [2.24, 2.45) is 5.92 Å². The van der Waals surface area contributed by atoms with Gasteiger partial charge in [0.2, 0.25) is 5.91 Å². The number of phenols is 1. The molecule has 0 aromatic heterocycles. The lowest BCUT2D eigenvalue weighted by Crippen LogP contribution is -2.25. The number of thiol groups is 1. The van der Waals surface area contributed by atoms with Crippen LogP contribution >= 0.6 is 12.6 Å². The highest BCUT2D eigenvalue weighted by atomic mass is 32.1. The summed E-state index contributed by atoms with van der Waals surface area (Å²) in [6.07, 6.45) is 0.375. The monoisotopic (exact) mass is 267 g/mol. The number of carboxylic acid groups (broad SMARTS) is 1. The maximum atomic E-state index is 11.8. The summed E-state index contributed by atoms with van der Waals surface area (Å²) >= 11 is 4.15. The van der Waals surface area contributed by atoms with Crippen molar-refractivity contribution in [3.8, 4) is 5.75 Å². The summed E-state index contributed by atoms with van der Waals surface area (Å²) in [5.41, 5.74) is 0.300. The van der Waals surface area contributed by atoms with Crippen molar-refractivity contribution in [1.82, 2.24) is 0 Å². The molecule has 0 spiro atoms. The first-order chi connectivity index (χ1) is 8.52. The fraction of sp³-hybridized carbons (Fsp3) is 0.333. The van der Waals surface area contributed by atoms with E-state index in [0.29, 0.717) is 18.7 Å². The summed E-state index contributed by atoms with van der Waals surface area (Å²) in [6, 6.07) is 3.91. The lowest BCUT2D eigenvalue weighted by Gasteiger charge is -2.18. The Bertz CT molecular complexity index is 503. The summed E-state index contributed by atoms with van der Waals surface area (Å²) in [7, 11) is 0. The first kappa shape index (κ1) is 12.8. The van der Waals surface area contributed by atoms with Crippen LogP contribution in [0.1, 0.15) is 16.8 Å². The van der Waals surface area contributed by atoms with Gasteiger partial charge in [-0.1, -0.05) is 0 Å². The average molecular weight is 267 g/mol. The third-order valence-corrected chi connectivity index (χ3v) is 3.49. The molecule has 1 unspecified atom stereocenters. The number of hydrogen-bond acceptors (Lipinski definition) is 4. The maximum absolute atomic E-state index is 11.8. The number of aromatic carboxylic acids is 1. The Hall–Kier alpha value is -1.69. The molecule has 1 heterocycles. The minimum Gasteiger partial charge on any atom is -0.506 e. The molecule has 0 saturated carbocycles. The van der Waals surface area contributed by atoms with E-state index in [1.807, 2.05) is 0 Å². The van der Waals surface area contributed by atoms with Gasteiger partial charge in [0.25, 0.3) is 0 Å². The molecule has 1 fully saturated rings. The van der Waals surface area contributed by atoms with E-state index in [9.17, 15) is 14.7 Å². The number of benzene rings is 1. The van der Waals surface area contributed by atoms with Crippen molar-refractivity contribution in [1.29, 1.82) is 0 Å². The predicted molar refractivity (Wildman–Crippen MR) is 69.4 cm³/mol. The largest absolute Gasteiger partial charge is 0.506 e. The van der Waals surface area contributed by atoms with Crippen molar-refractivity contribution >= 4 is 30.2 Å². The zero-order chi connectivity index (χ0) is 13.3. The Labute approximate surface area is 109 Å². The second-order valence-electron chi connectivity index (χ2n) is 4.27. The van der Waals surface area contributed by atoms with Gasteiger partial charge in [0.1, 0.15) is 5.75 Å². The quantitative estimate of drug-likeness (QED) is 0.723. The minimum absolute atomic E-state index is 0.0462. The van der Waals surface area contributed by atoms with Crippen molar-refractivity contribution in [3.05, 3.63) is 23.8 Å². The lowest BCUT2D eigenvalue weighted by atomic mass is 10.1. The molecule has 1 atom stereocenters. The minimum atomic E-state index is -1.09. The Morgan fingerprint density at radius 1 is 1.50 bits per heavy atom. The molecule has 0 bridgehead atoms. The fourth-order valence-electron chi connectivity index (χ4n) is 2.01. The molecule has 96 valence electrons. The molecule has 18 heavy (non-hydrogen) atoms. The number of carboxylic acids is 1. The summed E-state index contributed by atoms with van der Waals surface area (Å²) in [4.78, 5) is 24.1. The zero-order valence-electron chi connectivity index (χ0n) is 9.54. The van der Waals surface area contributed by atoms with E-state index in [1.54, 1.807) is 0 Å². The molecule has 5 nitrogen and oxygen atoms in total. The van der Waals surface area contributed by atoms with E-state index >= 15 is 0 Å². The van der Waals surface area contributed by atoms with Gasteiger partial charge >= 0.3 is 5.97 Å². The van der Waals surface area contributed by atoms with Gasteiger partial charge in [0.05, 0.1) is 11.3 Å². The van der Waals surface area contributed by atoms with E-state index in [1.165, 1.54) is 23.1 Å². The van der Waals surface area contributed by atoms with Crippen LogP contribution in [0.2, 0.25) is 0 Å². The van der Waals surface area contributed by atoms with Crippen LogP contribution in [0, 0.1) is 5.92 Å². The van der Waals surface area contributed by atoms with Crippen LogP contribution in [0.5, 0.6) is 5.75 Å². The number of aromatic hydroxyl groups is 1. The van der Waals surface area contributed by atoms with Gasteiger partial charge in [-0.2, -0.15) is 12.6 Å². The number of phenolic OH excluding ortho intramolecular Hbond substituents is 1. The second-order valence-corrected chi connectivity index (χ2v) is 4.63. The van der Waals surface area contributed by atoms with Crippen molar-refractivity contribution < 1.29 is 19.8 Å². The standard InChI is InChI=1S/C12H13NO4S/c14-10-2-1-8(12(16)17)4-9(10)13-5-7(6-18)3-11(13)15/h1-2,4,7,14,18H,3,5-6H2,(H,16,17). The van der Waals surface area contributed by atoms with Crippen LogP contribution in [0.3, 0.4) is 0 Å². The van der Waals surface area contributed by atoms with Crippen LogP contribution in [0.4, 0.5) is 5.69 Å². The maximum Gasteiger partial charge on any atom is 0.335 e. The number of nitrogens with zero attached hydrogens (tertiary/aromatic N) is 1. The Kier molecular flexibility index (Phi) is 3.47. The highest BCUT2D eigenvalue weighted by Crippen LogP contribution is 2.33. The molecule has 0 aliphatic carbocycles. The van der Waals surface area contributed by atoms with Crippen molar-refractivity contribution in [2.75, 3.05) is 17.2 Å². The second kappa shape index (κ2) is 4.89. The van der Waals surface area contributed by atoms with E-state index in [4.69, 9.17) is 5.11 Å². The summed E-state index contributed by atoms with van der Waals surface area (Å²) in [5.74, 6) is -0.579. The Balaban J connectivity index is 2.35. The third kappa shape index (κ3) is 2.28. The number of hydrogen-bond donors (Lipinski definition) is 3. The first-order valence-corrected chi connectivity index (χ1v) is 6.13. The molecule has 2 N–H and O–H groups in total. The van der Waals surface area contributed by atoms with Crippen LogP contribution in [0.15, 0.2) is 18.2 Å². The normalized spacial score (nSPS) is 19.3. The SMILES string of the molecule is O=C(O)c1ccc(O)c(N2CC(CS)CC2=O)c1. The summed E-state index contributed by atoms with van der Waals surface area (Å²) in [6.45, 7) is 0.457. The molecular weight excluding hydrogens is 254 g/mol. The van der Waals surface area contributed by atoms with Gasteiger partial charge in [0.15, 0.2) is 0 Å². The number of amides is 1. The Morgan fingerprint density at radius 3 is 2.78 bits per heavy atom. The van der Waals surface area contributed by atoms with Crippen LogP contribution in [0.25, 0.3) is 0 Å². The summed E-state index contributed by atoms with van der Waals surface area (Å²) in [5, 5.41) is 18.7. The van der Waals surface area contributed by atoms with E-state index in [0.717, 1.165) is 0 Å². The van der Waals surface area contributed by atoms with E-state index < -0.39 is 5.97 Å². The van der Waals surface area contributed by atoms with Crippen LogP contribution < -0.4 is 4.90 Å². The molecule has 2 rings (SSSR count). The number of carbonyl (C=O) groups excluding carboxylic acids is 1. The smallest absolute Gasteiger partial charge is 0.335 e. The predicted octanol–water partition coefficient (Wildman–Crippen LogP) is 1.37. The number of carbonyl (C=O) groups is 2. The fourth-order valence-corrected chi connectivity index (χ4v) is 2.25. The molecule has 1 saturated heterocycles. The van der Waals surface area contributed by atoms with Gasteiger partial charge in [-0.15, -0.1) is 0 Å². The zero-order valence-corrected chi connectivity index (χ0v) is 10.4. The lowest BCUT2D eigenvalue weighted by molar-refractivity contribution is -0.117. The molecule has 1 aromatic rings. The van der Waals surface area contributed by atoms with Crippen LogP contribution in [-0.2, 0) is 4.79 Å². The average Bonchev–Trinajstić information content (AvgIpc) is 2.71. The van der Waals surface area contributed by atoms with E-state index in [2.05, 4.69) is 12.6 Å². The topological polar surface area (TPSA) is 77.8 Å². The van der Waals surface area contributed by atoms with Gasteiger partial charge < -0.3 is 15.1 Å². The van der Waals surface area contributed by atoms with E-state index in [-0.39, 0.29) is 28.8 Å². The summed E-state index contributed by atoms with van der Waals surface area (Å²) < 4.78 is 0. The van der Waals surface area contributed by atoms with Gasteiger partial charge in [0, 0.05) is 13.0 Å². The highest BCUT2D eigenvalue weighted by Gasteiger charge is 2.31. The molecule has 1 aliphatic rings. The molecule has 1 aromatic carbocycles. The van der Waals surface area contributed by atoms with Crippen LogP contribution in [-0.4, -0.2) is 34.4 Å². The third-order valence-electron chi connectivity index (χ3n) is 2.98. The van der Waals surface area contributed by atoms with Gasteiger partial charge in [-0.3, -0.25) is 4.79 Å².